The van der Waals surface area contributed by atoms with Crippen molar-refractivity contribution in [2.24, 2.45) is 5.73 Å². The van der Waals surface area contributed by atoms with Crippen molar-refractivity contribution in [3.63, 3.8) is 0 Å². The first-order valence-corrected chi connectivity index (χ1v) is 6.12. The summed E-state index contributed by atoms with van der Waals surface area (Å²) in [7, 11) is 0. The number of hydrogen-bond acceptors (Lipinski definition) is 4. The third kappa shape index (κ3) is 5.49. The lowest BCUT2D eigenvalue weighted by molar-refractivity contribution is -0.122. The number of hydrazine groups is 1. The van der Waals surface area contributed by atoms with Crippen LogP contribution in [0.3, 0.4) is 0 Å². The average Bonchev–Trinajstić information content (AvgIpc) is 2.38. The number of aromatic carboxylic acids is 1. The Bertz CT molecular complexity index is 502. The zero-order valence-electron chi connectivity index (χ0n) is 10.9. The molecule has 1 rings (SSSR count). The van der Waals surface area contributed by atoms with E-state index in [9.17, 15) is 14.4 Å². The van der Waals surface area contributed by atoms with Crippen LogP contribution in [0.4, 0.5) is 0 Å². The Kier molecular flexibility index (Phi) is 6.18. The molecule has 7 heteroatoms. The molecule has 0 aromatic heterocycles. The summed E-state index contributed by atoms with van der Waals surface area (Å²) in [5.41, 5.74) is 10.8. The summed E-state index contributed by atoms with van der Waals surface area (Å²) >= 11 is 0. The van der Waals surface area contributed by atoms with E-state index in [1.165, 1.54) is 6.07 Å². The van der Waals surface area contributed by atoms with E-state index in [1.54, 1.807) is 18.2 Å². The summed E-state index contributed by atoms with van der Waals surface area (Å²) in [6.07, 6.45) is 0.723. The lowest BCUT2D eigenvalue weighted by Crippen LogP contribution is -2.37. The monoisotopic (exact) mass is 279 g/mol. The van der Waals surface area contributed by atoms with Crippen molar-refractivity contribution in [2.45, 2.75) is 25.8 Å². The minimum atomic E-state index is -1.02. The second-order valence-corrected chi connectivity index (χ2v) is 4.18. The maximum atomic E-state index is 11.4. The fourth-order valence-electron chi connectivity index (χ4n) is 1.61. The average molecular weight is 279 g/mol. The van der Waals surface area contributed by atoms with Gasteiger partial charge in [0, 0.05) is 19.4 Å². The van der Waals surface area contributed by atoms with Crippen LogP contribution in [-0.4, -0.2) is 22.9 Å². The first-order valence-electron chi connectivity index (χ1n) is 6.12. The van der Waals surface area contributed by atoms with Crippen molar-refractivity contribution in [1.29, 1.82) is 0 Å². The topological polar surface area (TPSA) is 122 Å². The summed E-state index contributed by atoms with van der Waals surface area (Å²) in [5.74, 6) is -1.74. The van der Waals surface area contributed by atoms with Crippen molar-refractivity contribution in [1.82, 2.24) is 10.9 Å². The summed E-state index contributed by atoms with van der Waals surface area (Å²) in [6, 6.07) is 6.51. The van der Waals surface area contributed by atoms with E-state index in [4.69, 9.17) is 10.8 Å². The smallest absolute Gasteiger partial charge is 0.336 e. The first-order chi connectivity index (χ1) is 9.50. The highest BCUT2D eigenvalue weighted by Gasteiger charge is 2.08. The highest BCUT2D eigenvalue weighted by Crippen LogP contribution is 2.07. The third-order valence-corrected chi connectivity index (χ3v) is 2.58. The number of nitrogens with one attached hydrogen (secondary N) is 2. The number of rotatable bonds is 8. The highest BCUT2D eigenvalue weighted by atomic mass is 16.4. The molecule has 0 spiro atoms. The molecule has 2 amide bonds. The van der Waals surface area contributed by atoms with Crippen LogP contribution in [0.1, 0.15) is 35.2 Å². The number of benzene rings is 1. The zero-order chi connectivity index (χ0) is 15.0. The fraction of sp³-hybridized carbons (Fsp3) is 0.308. The maximum absolute atomic E-state index is 11.4. The number of primary amides is 1. The number of carboxylic acids is 1. The lowest BCUT2D eigenvalue weighted by Gasteiger charge is -2.09. The molecule has 0 unspecified atom stereocenters. The summed E-state index contributed by atoms with van der Waals surface area (Å²) in [4.78, 5) is 32.9. The Morgan fingerprint density at radius 1 is 1.15 bits per heavy atom. The van der Waals surface area contributed by atoms with Crippen LogP contribution >= 0.6 is 0 Å². The van der Waals surface area contributed by atoms with Crippen LogP contribution in [0, 0.1) is 0 Å². The van der Waals surface area contributed by atoms with Crippen LogP contribution in [0.15, 0.2) is 24.3 Å². The van der Waals surface area contributed by atoms with Crippen LogP contribution in [0.2, 0.25) is 0 Å². The molecular weight excluding hydrogens is 262 g/mol. The van der Waals surface area contributed by atoms with Crippen LogP contribution in [0.25, 0.3) is 0 Å². The van der Waals surface area contributed by atoms with Gasteiger partial charge in [-0.2, -0.15) is 0 Å². The quantitative estimate of drug-likeness (QED) is 0.505. The third-order valence-electron chi connectivity index (χ3n) is 2.58. The molecule has 1 aromatic carbocycles. The molecule has 7 nitrogen and oxygen atoms in total. The zero-order valence-corrected chi connectivity index (χ0v) is 10.9. The maximum Gasteiger partial charge on any atom is 0.336 e. The second kappa shape index (κ2) is 7.90. The van der Waals surface area contributed by atoms with Gasteiger partial charge in [-0.25, -0.2) is 10.2 Å². The Labute approximate surface area is 116 Å². The van der Waals surface area contributed by atoms with E-state index in [1.807, 2.05) is 0 Å². The normalized spacial score (nSPS) is 10.0. The molecule has 5 N–H and O–H groups in total. The minimum absolute atomic E-state index is 0.162. The van der Waals surface area contributed by atoms with Gasteiger partial charge in [-0.3, -0.25) is 15.0 Å². The summed E-state index contributed by atoms with van der Waals surface area (Å²) in [5, 5.41) is 8.98. The van der Waals surface area contributed by atoms with E-state index in [0.29, 0.717) is 12.0 Å². The van der Waals surface area contributed by atoms with Gasteiger partial charge in [0.1, 0.15) is 0 Å². The van der Waals surface area contributed by atoms with Crippen LogP contribution < -0.4 is 16.6 Å². The first kappa shape index (κ1) is 15.6. The molecule has 0 atom stereocenters. The van der Waals surface area contributed by atoms with Crippen molar-refractivity contribution < 1.29 is 19.5 Å². The van der Waals surface area contributed by atoms with Gasteiger partial charge >= 0.3 is 5.97 Å². The SMILES string of the molecule is NC(=O)CCCC(=O)NNCc1ccccc1C(=O)O. The lowest BCUT2D eigenvalue weighted by atomic mass is 10.1. The molecule has 0 aliphatic carbocycles. The Balaban J connectivity index is 2.35. The molecule has 0 fully saturated rings. The number of nitrogens with two attached hydrogens (primary N) is 1. The van der Waals surface area contributed by atoms with Gasteiger partial charge in [0.15, 0.2) is 0 Å². The molecule has 0 bridgehead atoms. The van der Waals surface area contributed by atoms with E-state index < -0.39 is 11.9 Å². The molecule has 0 aliphatic heterocycles. The molecule has 0 radical (unpaired) electrons. The van der Waals surface area contributed by atoms with Crippen LogP contribution in [0.5, 0.6) is 0 Å². The van der Waals surface area contributed by atoms with Gasteiger partial charge in [-0.05, 0) is 18.1 Å². The van der Waals surface area contributed by atoms with Gasteiger partial charge in [0.25, 0.3) is 0 Å². The van der Waals surface area contributed by atoms with E-state index in [2.05, 4.69) is 10.9 Å². The summed E-state index contributed by atoms with van der Waals surface area (Å²) < 4.78 is 0. The highest BCUT2D eigenvalue weighted by molar-refractivity contribution is 5.89. The molecule has 0 saturated heterocycles. The number of amides is 2. The van der Waals surface area contributed by atoms with Gasteiger partial charge in [-0.1, -0.05) is 18.2 Å². The predicted molar refractivity (Wildman–Crippen MR) is 71.4 cm³/mol. The number of carbonyl (C=O) groups excluding carboxylic acids is 2. The second-order valence-electron chi connectivity index (χ2n) is 4.18. The Hall–Kier alpha value is -2.41. The van der Waals surface area contributed by atoms with E-state index in [-0.39, 0.29) is 30.9 Å². The van der Waals surface area contributed by atoms with Crippen molar-refractivity contribution in [2.75, 3.05) is 0 Å². The molecule has 0 aliphatic rings. The van der Waals surface area contributed by atoms with Crippen molar-refractivity contribution in [3.05, 3.63) is 35.4 Å². The van der Waals surface area contributed by atoms with Crippen molar-refractivity contribution >= 4 is 17.8 Å². The van der Waals surface area contributed by atoms with Gasteiger partial charge in [0.2, 0.25) is 11.8 Å². The molecule has 0 saturated carbocycles. The van der Waals surface area contributed by atoms with Gasteiger partial charge < -0.3 is 10.8 Å². The molecular formula is C13H17N3O4. The molecule has 1 aromatic rings. The predicted octanol–water partition coefficient (Wildman–Crippen LogP) is 0.161. The van der Waals surface area contributed by atoms with Crippen molar-refractivity contribution in [3.8, 4) is 0 Å². The van der Waals surface area contributed by atoms with E-state index >= 15 is 0 Å². The van der Waals surface area contributed by atoms with Gasteiger partial charge in [0.05, 0.1) is 5.56 Å². The standard InChI is InChI=1S/C13H17N3O4/c14-11(17)6-3-7-12(18)16-15-8-9-4-1-2-5-10(9)13(19)20/h1-2,4-5,15H,3,6-8H2,(H2,14,17)(H,16,18)(H,19,20). The molecule has 20 heavy (non-hydrogen) atoms. The fourth-order valence-corrected chi connectivity index (χ4v) is 1.61. The van der Waals surface area contributed by atoms with Gasteiger partial charge in [-0.15, -0.1) is 0 Å². The summed E-state index contributed by atoms with van der Waals surface area (Å²) in [6.45, 7) is 0.198. The Morgan fingerprint density at radius 2 is 1.85 bits per heavy atom. The number of carbonyl (C=O) groups is 3. The molecule has 0 heterocycles. The minimum Gasteiger partial charge on any atom is -0.478 e. The molecule has 108 valence electrons. The number of hydrogen-bond donors (Lipinski definition) is 4. The van der Waals surface area contributed by atoms with Crippen LogP contribution in [-0.2, 0) is 16.1 Å². The largest absolute Gasteiger partial charge is 0.478 e. The van der Waals surface area contributed by atoms with E-state index in [0.717, 1.165) is 0 Å². The Morgan fingerprint density at radius 3 is 2.50 bits per heavy atom. The number of carboxylic acid groups (broad SMARTS) is 1.